The maximum absolute atomic E-state index is 6.26. The number of aromatic nitrogens is 3. The van der Waals surface area contributed by atoms with Crippen molar-refractivity contribution in [2.45, 2.75) is 56.0 Å². The van der Waals surface area contributed by atoms with Crippen LogP contribution in [0.1, 0.15) is 48.0 Å². The number of anilines is 1. The minimum absolute atomic E-state index is 0.0698. The SMILES string of the molecule is CC[C@@]1(C)Cc2c(sc3c2C2NCNN2c2nnc(SCc4ccc(OC)cc4)n2-3)CO1. The van der Waals surface area contributed by atoms with Crippen LogP contribution < -0.4 is 20.5 Å². The Kier molecular flexibility index (Phi) is 4.96. The van der Waals surface area contributed by atoms with Gasteiger partial charge in [0.1, 0.15) is 16.9 Å². The van der Waals surface area contributed by atoms with Gasteiger partial charge in [0.05, 0.1) is 26.0 Å². The molecule has 0 amide bonds. The summed E-state index contributed by atoms with van der Waals surface area (Å²) in [5, 5.41) is 17.0. The Morgan fingerprint density at radius 2 is 2.16 bits per heavy atom. The number of thiophene rings is 1. The van der Waals surface area contributed by atoms with Gasteiger partial charge < -0.3 is 9.47 Å². The molecule has 1 aromatic carbocycles. The number of fused-ring (bicyclic) bond motifs is 8. The third-order valence-electron chi connectivity index (χ3n) is 6.60. The molecule has 10 heteroatoms. The first kappa shape index (κ1) is 20.5. The molecule has 0 bridgehead atoms. The average molecular weight is 471 g/mol. The Balaban J connectivity index is 1.38. The van der Waals surface area contributed by atoms with Crippen molar-refractivity contribution >= 4 is 29.0 Å². The van der Waals surface area contributed by atoms with Gasteiger partial charge in [-0.15, -0.1) is 21.5 Å². The lowest BCUT2D eigenvalue weighted by Gasteiger charge is -2.35. The van der Waals surface area contributed by atoms with Crippen molar-refractivity contribution in [2.24, 2.45) is 0 Å². The van der Waals surface area contributed by atoms with Gasteiger partial charge in [0.25, 0.3) is 0 Å². The Labute approximate surface area is 195 Å². The fraction of sp³-hybridized carbons (Fsp3) is 0.455. The monoisotopic (exact) mass is 470 g/mol. The number of hydrogen-bond donors (Lipinski definition) is 2. The number of ether oxygens (including phenoxy) is 2. The van der Waals surface area contributed by atoms with Crippen LogP contribution in [0.2, 0.25) is 0 Å². The molecule has 1 saturated heterocycles. The number of nitrogens with zero attached hydrogens (tertiary/aromatic N) is 4. The zero-order chi connectivity index (χ0) is 21.9. The van der Waals surface area contributed by atoms with E-state index in [0.717, 1.165) is 35.4 Å². The second-order valence-electron chi connectivity index (χ2n) is 8.56. The van der Waals surface area contributed by atoms with Crippen LogP contribution in [-0.2, 0) is 23.5 Å². The predicted molar refractivity (Wildman–Crippen MR) is 125 cm³/mol. The summed E-state index contributed by atoms with van der Waals surface area (Å²) < 4.78 is 13.7. The molecule has 2 N–H and O–H groups in total. The van der Waals surface area contributed by atoms with Crippen molar-refractivity contribution in [1.29, 1.82) is 0 Å². The van der Waals surface area contributed by atoms with Crippen molar-refractivity contribution in [3.63, 3.8) is 0 Å². The molecule has 3 aromatic rings. The maximum atomic E-state index is 6.26. The van der Waals surface area contributed by atoms with Crippen LogP contribution in [0.5, 0.6) is 5.75 Å². The van der Waals surface area contributed by atoms with E-state index >= 15 is 0 Å². The number of hydrazine groups is 1. The number of hydrogen-bond acceptors (Lipinski definition) is 9. The summed E-state index contributed by atoms with van der Waals surface area (Å²) in [5.74, 6) is 2.52. The zero-order valence-electron chi connectivity index (χ0n) is 18.3. The topological polar surface area (TPSA) is 76.5 Å². The number of rotatable bonds is 5. The van der Waals surface area contributed by atoms with Crippen LogP contribution in [0.4, 0.5) is 5.95 Å². The Bertz CT molecular complexity index is 1160. The Morgan fingerprint density at radius 1 is 1.31 bits per heavy atom. The fourth-order valence-electron chi connectivity index (χ4n) is 4.55. The summed E-state index contributed by atoms with van der Waals surface area (Å²) in [7, 11) is 1.69. The summed E-state index contributed by atoms with van der Waals surface area (Å²) in [5.41, 5.74) is 7.32. The minimum atomic E-state index is -0.113. The van der Waals surface area contributed by atoms with Crippen LogP contribution in [-0.4, -0.2) is 34.1 Å². The lowest BCUT2D eigenvalue weighted by molar-refractivity contribution is -0.0549. The first-order chi connectivity index (χ1) is 15.6. The smallest absolute Gasteiger partial charge is 0.249 e. The van der Waals surface area contributed by atoms with Crippen molar-refractivity contribution in [2.75, 3.05) is 18.8 Å². The molecular weight excluding hydrogens is 444 g/mol. The lowest BCUT2D eigenvalue weighted by Crippen LogP contribution is -2.40. The number of methoxy groups -OCH3 is 1. The molecule has 5 heterocycles. The van der Waals surface area contributed by atoms with Crippen molar-refractivity contribution in [3.8, 4) is 10.8 Å². The van der Waals surface area contributed by atoms with Gasteiger partial charge in [-0.1, -0.05) is 30.8 Å². The van der Waals surface area contributed by atoms with Gasteiger partial charge >= 0.3 is 0 Å². The first-order valence-corrected chi connectivity index (χ1v) is 12.7. The highest BCUT2D eigenvalue weighted by molar-refractivity contribution is 7.98. The van der Waals surface area contributed by atoms with Gasteiger partial charge in [-0.2, -0.15) is 0 Å². The summed E-state index contributed by atoms with van der Waals surface area (Å²) in [6.45, 7) is 5.80. The van der Waals surface area contributed by atoms with Gasteiger partial charge in [0, 0.05) is 22.6 Å². The maximum Gasteiger partial charge on any atom is 0.249 e. The van der Waals surface area contributed by atoms with Gasteiger partial charge in [0.2, 0.25) is 5.95 Å². The molecular formula is C22H26N6O2S2. The Hall–Kier alpha value is -2.11. The van der Waals surface area contributed by atoms with E-state index in [1.54, 1.807) is 18.9 Å². The molecule has 6 rings (SSSR count). The molecule has 2 atom stereocenters. The van der Waals surface area contributed by atoms with Crippen LogP contribution in [0.3, 0.4) is 0 Å². The van der Waals surface area contributed by atoms with E-state index < -0.39 is 0 Å². The molecule has 2 aromatic heterocycles. The molecule has 0 saturated carbocycles. The van der Waals surface area contributed by atoms with E-state index in [4.69, 9.17) is 9.47 Å². The van der Waals surface area contributed by atoms with Crippen LogP contribution in [0.15, 0.2) is 29.4 Å². The summed E-state index contributed by atoms with van der Waals surface area (Å²) in [6, 6.07) is 8.19. The third kappa shape index (κ3) is 3.16. The summed E-state index contributed by atoms with van der Waals surface area (Å²) in [6.07, 6.45) is 2.00. The molecule has 8 nitrogen and oxygen atoms in total. The third-order valence-corrected chi connectivity index (χ3v) is 8.81. The van der Waals surface area contributed by atoms with E-state index in [9.17, 15) is 0 Å². The molecule has 0 radical (unpaired) electrons. The quantitative estimate of drug-likeness (QED) is 0.546. The molecule has 32 heavy (non-hydrogen) atoms. The highest BCUT2D eigenvalue weighted by Crippen LogP contribution is 2.49. The van der Waals surface area contributed by atoms with Gasteiger partial charge in [-0.3, -0.25) is 10.3 Å². The van der Waals surface area contributed by atoms with E-state index in [1.807, 2.05) is 23.5 Å². The van der Waals surface area contributed by atoms with Gasteiger partial charge in [-0.05, 0) is 36.6 Å². The second-order valence-corrected chi connectivity index (χ2v) is 10.6. The standard InChI is InChI=1S/C22H26N6O2S2/c1-4-22(2)9-15-16(10-30-22)32-19-17(15)18-23-12-24-28(18)20-25-26-21(27(19)20)31-11-13-5-7-14(29-3)8-6-13/h5-8,18,23-24H,4,9-12H2,1-3H3/t18?,22-/m0/s1. The largest absolute Gasteiger partial charge is 0.497 e. The fourth-order valence-corrected chi connectivity index (χ4v) is 6.76. The Morgan fingerprint density at radius 3 is 2.94 bits per heavy atom. The molecule has 3 aliphatic heterocycles. The van der Waals surface area contributed by atoms with Crippen molar-refractivity contribution in [1.82, 2.24) is 25.5 Å². The normalized spacial score (nSPS) is 23.5. The molecule has 0 aliphatic carbocycles. The zero-order valence-corrected chi connectivity index (χ0v) is 20.0. The van der Waals surface area contributed by atoms with Crippen LogP contribution >= 0.6 is 23.1 Å². The predicted octanol–water partition coefficient (Wildman–Crippen LogP) is 3.76. The van der Waals surface area contributed by atoms with E-state index in [2.05, 4.69) is 56.5 Å². The molecule has 0 spiro atoms. The number of nitrogens with one attached hydrogen (secondary N) is 2. The second kappa shape index (κ2) is 7.74. The summed E-state index contributed by atoms with van der Waals surface area (Å²) in [4.78, 5) is 1.32. The minimum Gasteiger partial charge on any atom is -0.497 e. The first-order valence-electron chi connectivity index (χ1n) is 10.9. The van der Waals surface area contributed by atoms with E-state index in [1.165, 1.54) is 26.6 Å². The lowest BCUT2D eigenvalue weighted by atomic mass is 9.88. The highest BCUT2D eigenvalue weighted by atomic mass is 32.2. The van der Waals surface area contributed by atoms with E-state index in [0.29, 0.717) is 13.3 Å². The van der Waals surface area contributed by atoms with Crippen LogP contribution in [0.25, 0.3) is 5.00 Å². The van der Waals surface area contributed by atoms with Gasteiger partial charge in [-0.25, -0.2) is 9.99 Å². The van der Waals surface area contributed by atoms with Crippen LogP contribution in [0, 0.1) is 0 Å². The molecule has 1 unspecified atom stereocenters. The molecule has 1 fully saturated rings. The average Bonchev–Trinajstić information content (AvgIpc) is 3.54. The van der Waals surface area contributed by atoms with Gasteiger partial charge in [0.15, 0.2) is 5.16 Å². The molecule has 3 aliphatic rings. The van der Waals surface area contributed by atoms with Crippen molar-refractivity contribution in [3.05, 3.63) is 45.8 Å². The summed E-state index contributed by atoms with van der Waals surface area (Å²) >= 11 is 3.53. The number of benzene rings is 1. The van der Waals surface area contributed by atoms with Crippen molar-refractivity contribution < 1.29 is 9.47 Å². The number of thioether (sulfide) groups is 1. The molecule has 168 valence electrons. The highest BCUT2D eigenvalue weighted by Gasteiger charge is 2.44. The van der Waals surface area contributed by atoms with E-state index in [-0.39, 0.29) is 11.8 Å².